The number of benzene rings is 2. The highest BCUT2D eigenvalue weighted by atomic mass is 35.5. The highest BCUT2D eigenvalue weighted by Crippen LogP contribution is 2.32. The number of aromatic nitrogens is 2. The van der Waals surface area contributed by atoms with Crippen LogP contribution in [0.1, 0.15) is 33.2 Å². The van der Waals surface area contributed by atoms with Gasteiger partial charge in [-0.2, -0.15) is 5.10 Å². The highest BCUT2D eigenvalue weighted by Gasteiger charge is 2.41. The molecule has 1 N–H and O–H groups in total. The van der Waals surface area contributed by atoms with Gasteiger partial charge in [-0.1, -0.05) is 41.4 Å². The standard InChI is InChI=1S/C21H16Cl2N4O3/c1-12(27-20(29)14-9-16(22)17(23)10-15(14)21(27)30)19(28)24-11-13-5-2-3-6-18(13)26-8-4-7-25-26/h2-10,12H,11H2,1H3,(H,24,28). The molecule has 1 unspecified atom stereocenters. The predicted molar refractivity (Wildman–Crippen MR) is 112 cm³/mol. The van der Waals surface area contributed by atoms with Crippen LogP contribution >= 0.6 is 23.2 Å². The zero-order valence-electron chi connectivity index (χ0n) is 15.8. The van der Waals surface area contributed by atoms with Gasteiger partial charge in [0.2, 0.25) is 5.91 Å². The van der Waals surface area contributed by atoms with Gasteiger partial charge in [-0.25, -0.2) is 4.68 Å². The molecule has 152 valence electrons. The second-order valence-corrected chi connectivity index (χ2v) is 7.58. The van der Waals surface area contributed by atoms with Crippen LogP contribution in [0.2, 0.25) is 10.0 Å². The van der Waals surface area contributed by atoms with Gasteiger partial charge in [-0.05, 0) is 36.8 Å². The number of imide groups is 1. The molecule has 0 aliphatic carbocycles. The average molecular weight is 443 g/mol. The number of carbonyl (C=O) groups is 3. The zero-order valence-corrected chi connectivity index (χ0v) is 17.3. The van der Waals surface area contributed by atoms with E-state index in [1.165, 1.54) is 19.1 Å². The molecular formula is C21H16Cl2N4O3. The summed E-state index contributed by atoms with van der Waals surface area (Å²) >= 11 is 11.9. The molecule has 30 heavy (non-hydrogen) atoms. The molecular weight excluding hydrogens is 427 g/mol. The summed E-state index contributed by atoms with van der Waals surface area (Å²) in [7, 11) is 0. The lowest BCUT2D eigenvalue weighted by atomic mass is 10.1. The highest BCUT2D eigenvalue weighted by molar-refractivity contribution is 6.43. The van der Waals surface area contributed by atoms with E-state index in [0.717, 1.165) is 16.2 Å². The van der Waals surface area contributed by atoms with Gasteiger partial charge in [0.1, 0.15) is 6.04 Å². The van der Waals surface area contributed by atoms with E-state index in [4.69, 9.17) is 23.2 Å². The molecule has 2 aromatic carbocycles. The van der Waals surface area contributed by atoms with Crippen LogP contribution in [0.4, 0.5) is 0 Å². The first-order valence-corrected chi connectivity index (χ1v) is 9.86. The number of carbonyl (C=O) groups excluding carboxylic acids is 3. The second kappa shape index (κ2) is 7.93. The topological polar surface area (TPSA) is 84.3 Å². The molecule has 3 amide bonds. The molecule has 9 heteroatoms. The number of amides is 3. The lowest BCUT2D eigenvalue weighted by molar-refractivity contribution is -0.124. The van der Waals surface area contributed by atoms with Crippen LogP contribution in [0.15, 0.2) is 54.9 Å². The monoisotopic (exact) mass is 442 g/mol. The number of nitrogens with zero attached hydrogens (tertiary/aromatic N) is 3. The summed E-state index contributed by atoms with van der Waals surface area (Å²) in [5, 5.41) is 7.35. The van der Waals surface area contributed by atoms with E-state index in [-0.39, 0.29) is 27.7 Å². The summed E-state index contributed by atoms with van der Waals surface area (Å²) in [6.45, 7) is 1.71. The van der Waals surface area contributed by atoms with Gasteiger partial charge in [-0.15, -0.1) is 0 Å². The Bertz CT molecular complexity index is 1120. The van der Waals surface area contributed by atoms with Crippen molar-refractivity contribution in [2.45, 2.75) is 19.5 Å². The van der Waals surface area contributed by atoms with E-state index in [2.05, 4.69) is 10.4 Å². The molecule has 0 fully saturated rings. The smallest absolute Gasteiger partial charge is 0.262 e. The second-order valence-electron chi connectivity index (χ2n) is 6.77. The third-order valence-electron chi connectivity index (χ3n) is 4.92. The Morgan fingerprint density at radius 3 is 2.30 bits per heavy atom. The molecule has 0 saturated heterocycles. The maximum absolute atomic E-state index is 12.7. The normalized spacial score (nSPS) is 14.0. The van der Waals surface area contributed by atoms with E-state index >= 15 is 0 Å². The summed E-state index contributed by atoms with van der Waals surface area (Å²) in [5.74, 6) is -1.61. The van der Waals surface area contributed by atoms with Crippen molar-refractivity contribution in [1.29, 1.82) is 0 Å². The summed E-state index contributed by atoms with van der Waals surface area (Å²) < 4.78 is 1.70. The minimum Gasteiger partial charge on any atom is -0.350 e. The lowest BCUT2D eigenvalue weighted by Gasteiger charge is -2.22. The number of halogens is 2. The summed E-state index contributed by atoms with van der Waals surface area (Å²) in [5.41, 5.74) is 1.93. The van der Waals surface area contributed by atoms with Gasteiger partial charge in [0.05, 0.1) is 26.9 Å². The fraction of sp³-hybridized carbons (Fsp3) is 0.143. The van der Waals surface area contributed by atoms with E-state index in [9.17, 15) is 14.4 Å². The summed E-state index contributed by atoms with van der Waals surface area (Å²) in [4.78, 5) is 39.1. The molecule has 4 rings (SSSR count). The van der Waals surface area contributed by atoms with Crippen LogP contribution in [-0.4, -0.2) is 38.4 Å². The quantitative estimate of drug-likeness (QED) is 0.612. The van der Waals surface area contributed by atoms with E-state index in [1.807, 2.05) is 24.3 Å². The third-order valence-corrected chi connectivity index (χ3v) is 5.64. The predicted octanol–water partition coefficient (Wildman–Crippen LogP) is 3.48. The minimum absolute atomic E-state index is 0.137. The van der Waals surface area contributed by atoms with Crippen LogP contribution in [-0.2, 0) is 11.3 Å². The van der Waals surface area contributed by atoms with Crippen LogP contribution in [0.25, 0.3) is 5.69 Å². The molecule has 3 aromatic rings. The molecule has 1 aromatic heterocycles. The Morgan fingerprint density at radius 2 is 1.70 bits per heavy atom. The van der Waals surface area contributed by atoms with Crippen LogP contribution in [0.3, 0.4) is 0 Å². The van der Waals surface area contributed by atoms with E-state index in [0.29, 0.717) is 0 Å². The fourth-order valence-electron chi connectivity index (χ4n) is 3.35. The Labute approximate surface area is 182 Å². The molecule has 1 aliphatic rings. The first kappa shape index (κ1) is 20.1. The van der Waals surface area contributed by atoms with Crippen molar-refractivity contribution in [1.82, 2.24) is 20.0 Å². The number of nitrogens with one attached hydrogen (secondary N) is 1. The molecule has 2 heterocycles. The van der Waals surface area contributed by atoms with Crippen molar-refractivity contribution < 1.29 is 14.4 Å². The fourth-order valence-corrected chi connectivity index (χ4v) is 3.67. The van der Waals surface area contributed by atoms with Gasteiger partial charge in [0.25, 0.3) is 11.8 Å². The molecule has 0 saturated carbocycles. The van der Waals surface area contributed by atoms with Gasteiger partial charge in [0, 0.05) is 18.9 Å². The number of hydrogen-bond acceptors (Lipinski definition) is 4. The van der Waals surface area contributed by atoms with Crippen LogP contribution in [0, 0.1) is 0 Å². The maximum Gasteiger partial charge on any atom is 0.262 e. The first-order chi connectivity index (χ1) is 14.4. The van der Waals surface area contributed by atoms with Crippen molar-refractivity contribution in [3.05, 3.63) is 81.6 Å². The van der Waals surface area contributed by atoms with Crippen LogP contribution < -0.4 is 5.32 Å². The van der Waals surface area contributed by atoms with Crippen LogP contribution in [0.5, 0.6) is 0 Å². The Kier molecular flexibility index (Phi) is 5.32. The summed E-state index contributed by atoms with van der Waals surface area (Å²) in [6, 6.07) is 11.0. The molecule has 1 atom stereocenters. The van der Waals surface area contributed by atoms with Crippen molar-refractivity contribution >= 4 is 40.9 Å². The van der Waals surface area contributed by atoms with Crippen molar-refractivity contribution in [2.75, 3.05) is 0 Å². The SMILES string of the molecule is CC(C(=O)NCc1ccccc1-n1cccn1)N1C(=O)c2cc(Cl)c(Cl)cc2C1=O. The largest absolute Gasteiger partial charge is 0.350 e. The van der Waals surface area contributed by atoms with E-state index < -0.39 is 23.8 Å². The van der Waals surface area contributed by atoms with Gasteiger partial charge in [0.15, 0.2) is 0 Å². The number of fused-ring (bicyclic) bond motifs is 1. The van der Waals surface area contributed by atoms with Crippen molar-refractivity contribution in [2.24, 2.45) is 0 Å². The molecule has 0 bridgehead atoms. The maximum atomic E-state index is 12.7. The summed E-state index contributed by atoms with van der Waals surface area (Å²) in [6.07, 6.45) is 3.47. The molecule has 1 aliphatic heterocycles. The van der Waals surface area contributed by atoms with E-state index in [1.54, 1.807) is 23.1 Å². The Morgan fingerprint density at radius 1 is 1.07 bits per heavy atom. The Hall–Kier alpha value is -3.16. The minimum atomic E-state index is -1.01. The third kappa shape index (κ3) is 3.46. The van der Waals surface area contributed by atoms with Crippen molar-refractivity contribution in [3.63, 3.8) is 0 Å². The molecule has 0 spiro atoms. The Balaban J connectivity index is 1.51. The van der Waals surface area contributed by atoms with Crippen molar-refractivity contribution in [3.8, 4) is 5.69 Å². The number of rotatable bonds is 5. The lowest BCUT2D eigenvalue weighted by Crippen LogP contribution is -2.47. The molecule has 7 nitrogen and oxygen atoms in total. The average Bonchev–Trinajstić information content (AvgIpc) is 3.35. The first-order valence-electron chi connectivity index (χ1n) is 9.11. The number of para-hydroxylation sites is 1. The zero-order chi connectivity index (χ0) is 21.4. The van der Waals surface area contributed by atoms with Gasteiger partial charge < -0.3 is 5.32 Å². The van der Waals surface area contributed by atoms with Gasteiger partial charge in [-0.3, -0.25) is 19.3 Å². The molecule has 0 radical (unpaired) electrons. The number of hydrogen-bond donors (Lipinski definition) is 1. The van der Waals surface area contributed by atoms with Gasteiger partial charge >= 0.3 is 0 Å².